The minimum atomic E-state index is -1.30. The van der Waals surface area contributed by atoms with Crippen molar-refractivity contribution in [3.05, 3.63) is 35.5 Å². The van der Waals surface area contributed by atoms with E-state index in [1.165, 1.54) is 5.57 Å². The SMILES string of the molecule is CCC(=O)OCC(=O)[C@]1(OC(=O)CC)CC[C@H]2[C@@H]3CCC4=CC(=O)C=C[C@]4(C)C3=CC[C@@]21C. The number of carbonyl (C=O) groups excluding carboxylic acids is 4. The molecule has 0 saturated heterocycles. The highest BCUT2D eigenvalue weighted by Gasteiger charge is 2.67. The van der Waals surface area contributed by atoms with E-state index in [0.29, 0.717) is 12.8 Å². The Hall–Kier alpha value is -2.50. The number of allylic oxidation sites excluding steroid dienone is 6. The number of ketones is 2. The summed E-state index contributed by atoms with van der Waals surface area (Å²) < 4.78 is 11.2. The summed E-state index contributed by atoms with van der Waals surface area (Å²) in [4.78, 5) is 49.7. The Morgan fingerprint density at radius 2 is 1.82 bits per heavy atom. The van der Waals surface area contributed by atoms with Crippen LogP contribution in [0.4, 0.5) is 0 Å². The van der Waals surface area contributed by atoms with Crippen molar-refractivity contribution in [2.45, 2.75) is 78.2 Å². The van der Waals surface area contributed by atoms with Gasteiger partial charge in [0.25, 0.3) is 0 Å². The lowest BCUT2D eigenvalue weighted by Crippen LogP contribution is -2.58. The number of esters is 2. The van der Waals surface area contributed by atoms with Crippen LogP contribution in [0.5, 0.6) is 0 Å². The highest BCUT2D eigenvalue weighted by Crippen LogP contribution is 2.66. The van der Waals surface area contributed by atoms with E-state index in [4.69, 9.17) is 9.47 Å². The maximum atomic E-state index is 13.6. The third-order valence-corrected chi connectivity index (χ3v) is 8.75. The third-order valence-electron chi connectivity index (χ3n) is 8.75. The van der Waals surface area contributed by atoms with E-state index in [1.54, 1.807) is 26.0 Å². The molecule has 0 spiro atoms. The average Bonchev–Trinajstić information content (AvgIpc) is 3.10. The van der Waals surface area contributed by atoms with E-state index in [2.05, 4.69) is 19.9 Å². The van der Waals surface area contributed by atoms with Crippen LogP contribution in [0.25, 0.3) is 0 Å². The Kier molecular flexibility index (Phi) is 6.00. The Morgan fingerprint density at radius 1 is 1.09 bits per heavy atom. The van der Waals surface area contributed by atoms with E-state index >= 15 is 0 Å². The maximum Gasteiger partial charge on any atom is 0.306 e. The topological polar surface area (TPSA) is 86.7 Å². The van der Waals surface area contributed by atoms with Crippen molar-refractivity contribution < 1.29 is 28.7 Å². The summed E-state index contributed by atoms with van der Waals surface area (Å²) >= 11 is 0. The molecule has 4 aliphatic carbocycles. The lowest BCUT2D eigenvalue weighted by molar-refractivity contribution is -0.186. The van der Waals surface area contributed by atoms with Crippen LogP contribution < -0.4 is 0 Å². The van der Waals surface area contributed by atoms with Gasteiger partial charge >= 0.3 is 11.9 Å². The molecule has 2 fully saturated rings. The Bertz CT molecular complexity index is 987. The summed E-state index contributed by atoms with van der Waals surface area (Å²) in [5.41, 5.74) is 0.326. The van der Waals surface area contributed by atoms with Crippen LogP contribution in [0.2, 0.25) is 0 Å². The van der Waals surface area contributed by atoms with Crippen molar-refractivity contribution >= 4 is 23.5 Å². The van der Waals surface area contributed by atoms with Gasteiger partial charge in [0.2, 0.25) is 5.78 Å². The molecule has 6 nitrogen and oxygen atoms in total. The summed E-state index contributed by atoms with van der Waals surface area (Å²) in [5, 5.41) is 0. The highest BCUT2D eigenvalue weighted by atomic mass is 16.6. The molecule has 0 amide bonds. The molecular weight excluding hydrogens is 420 g/mol. The monoisotopic (exact) mass is 454 g/mol. The molecule has 0 radical (unpaired) electrons. The standard InChI is InChI=1S/C27H34O6/c1-5-23(30)32-16-22(29)27(33-24(31)6-2)14-11-21-19-8-7-17-15-18(28)9-12-25(17,3)20(19)10-13-26(21,27)4/h9-10,12,15,19,21H,5-8,11,13-14,16H2,1-4H3/t19-,21+,25+,26+,27-/m1/s1. The first-order chi connectivity index (χ1) is 15.6. The van der Waals surface area contributed by atoms with E-state index < -0.39 is 23.0 Å². The first-order valence-corrected chi connectivity index (χ1v) is 12.2. The van der Waals surface area contributed by atoms with Crippen molar-refractivity contribution in [2.24, 2.45) is 22.7 Å². The number of hydrogen-bond donors (Lipinski definition) is 0. The summed E-state index contributed by atoms with van der Waals surface area (Å²) in [7, 11) is 0. The van der Waals surface area contributed by atoms with Crippen molar-refractivity contribution in [1.29, 1.82) is 0 Å². The fourth-order valence-electron chi connectivity index (χ4n) is 6.83. The van der Waals surface area contributed by atoms with E-state index in [9.17, 15) is 19.2 Å². The second-order valence-electron chi connectivity index (χ2n) is 10.3. The first kappa shape index (κ1) is 23.7. The lowest BCUT2D eigenvalue weighted by Gasteiger charge is -2.54. The number of hydrogen-bond acceptors (Lipinski definition) is 6. The Labute approximate surface area is 195 Å². The van der Waals surface area contributed by atoms with Crippen LogP contribution in [0.15, 0.2) is 35.5 Å². The second-order valence-corrected chi connectivity index (χ2v) is 10.3. The molecule has 0 aliphatic heterocycles. The molecule has 33 heavy (non-hydrogen) atoms. The molecule has 5 atom stereocenters. The predicted octanol–water partition coefficient (Wildman–Crippen LogP) is 4.43. The molecule has 2 saturated carbocycles. The smallest absolute Gasteiger partial charge is 0.306 e. The van der Waals surface area contributed by atoms with E-state index in [-0.39, 0.29) is 48.3 Å². The molecule has 4 aliphatic rings. The van der Waals surface area contributed by atoms with Gasteiger partial charge in [0.05, 0.1) is 0 Å². The zero-order valence-corrected chi connectivity index (χ0v) is 20.1. The van der Waals surface area contributed by atoms with Crippen LogP contribution in [0.1, 0.15) is 72.6 Å². The zero-order valence-electron chi connectivity index (χ0n) is 20.1. The fourth-order valence-corrected chi connectivity index (χ4v) is 6.83. The Balaban J connectivity index is 1.72. The Morgan fingerprint density at radius 3 is 2.52 bits per heavy atom. The molecule has 0 bridgehead atoms. The molecular formula is C27H34O6. The van der Waals surface area contributed by atoms with Crippen molar-refractivity contribution in [2.75, 3.05) is 6.61 Å². The van der Waals surface area contributed by atoms with Crippen molar-refractivity contribution in [1.82, 2.24) is 0 Å². The number of rotatable bonds is 6. The van der Waals surface area contributed by atoms with Crippen LogP contribution in [0.3, 0.4) is 0 Å². The van der Waals surface area contributed by atoms with Crippen molar-refractivity contribution in [3.8, 4) is 0 Å². The molecule has 0 heterocycles. The summed E-state index contributed by atoms with van der Waals surface area (Å²) in [6, 6.07) is 0. The number of carbonyl (C=O) groups is 4. The lowest BCUT2D eigenvalue weighted by atomic mass is 9.51. The van der Waals surface area contributed by atoms with Gasteiger partial charge in [-0.05, 0) is 63.0 Å². The molecule has 0 aromatic rings. The average molecular weight is 455 g/mol. The normalized spacial score (nSPS) is 36.7. The predicted molar refractivity (Wildman–Crippen MR) is 122 cm³/mol. The summed E-state index contributed by atoms with van der Waals surface area (Å²) in [6.45, 7) is 7.27. The number of Topliss-reactive ketones (excluding diaryl/α,β-unsaturated/α-hetero) is 1. The maximum absolute atomic E-state index is 13.6. The minimum Gasteiger partial charge on any atom is -0.457 e. The highest BCUT2D eigenvalue weighted by molar-refractivity contribution is 6.01. The van der Waals surface area contributed by atoms with Gasteiger partial charge in [-0.2, -0.15) is 0 Å². The van der Waals surface area contributed by atoms with Gasteiger partial charge in [-0.25, -0.2) is 0 Å². The molecule has 0 aromatic heterocycles. The summed E-state index contributed by atoms with van der Waals surface area (Å²) in [5.74, 6) is -0.714. The second kappa shape index (κ2) is 8.37. The molecule has 0 unspecified atom stereocenters. The van der Waals surface area contributed by atoms with Gasteiger partial charge in [0.15, 0.2) is 18.0 Å². The minimum absolute atomic E-state index is 0.0424. The van der Waals surface area contributed by atoms with Gasteiger partial charge in [-0.3, -0.25) is 19.2 Å². The van der Waals surface area contributed by atoms with Gasteiger partial charge in [0.1, 0.15) is 0 Å². The van der Waals surface area contributed by atoms with Crippen molar-refractivity contribution in [3.63, 3.8) is 0 Å². The molecule has 4 rings (SSSR count). The molecule has 178 valence electrons. The van der Waals surface area contributed by atoms with Gasteiger partial charge in [-0.15, -0.1) is 0 Å². The third kappa shape index (κ3) is 3.53. The quantitative estimate of drug-likeness (QED) is 0.436. The molecule has 0 aromatic carbocycles. The van der Waals surface area contributed by atoms with E-state index in [0.717, 1.165) is 24.8 Å². The van der Waals surface area contributed by atoms with Gasteiger partial charge in [-0.1, -0.05) is 44.1 Å². The van der Waals surface area contributed by atoms with E-state index in [1.807, 2.05) is 6.08 Å². The number of ether oxygens (including phenoxy) is 2. The van der Waals surface area contributed by atoms with Gasteiger partial charge < -0.3 is 9.47 Å². The van der Waals surface area contributed by atoms with Crippen LogP contribution in [0, 0.1) is 22.7 Å². The molecule has 0 N–H and O–H groups in total. The summed E-state index contributed by atoms with van der Waals surface area (Å²) in [6.07, 6.45) is 11.6. The van der Waals surface area contributed by atoms with Gasteiger partial charge in [0, 0.05) is 23.7 Å². The molecule has 6 heteroatoms. The first-order valence-electron chi connectivity index (χ1n) is 12.2. The zero-order chi connectivity index (χ0) is 24.0. The number of fused-ring (bicyclic) bond motifs is 5. The van der Waals surface area contributed by atoms with Crippen LogP contribution in [-0.2, 0) is 28.7 Å². The fraction of sp³-hybridized carbons (Fsp3) is 0.630. The van der Waals surface area contributed by atoms with Crippen LogP contribution in [-0.4, -0.2) is 35.7 Å². The largest absolute Gasteiger partial charge is 0.457 e. The van der Waals surface area contributed by atoms with Crippen LogP contribution >= 0.6 is 0 Å².